The van der Waals surface area contributed by atoms with Gasteiger partial charge in [0.1, 0.15) is 12.4 Å². The van der Waals surface area contributed by atoms with E-state index in [1.54, 1.807) is 5.82 Å². The fourth-order valence-corrected chi connectivity index (χ4v) is 5.12. The number of imidazole rings is 1. The summed E-state index contributed by atoms with van der Waals surface area (Å²) in [7, 11) is 0. The van der Waals surface area contributed by atoms with Crippen molar-refractivity contribution >= 4 is 0 Å². The van der Waals surface area contributed by atoms with Crippen LogP contribution >= 0.6 is 0 Å². The minimum Gasteiger partial charge on any atom is -0.234 e. The average Bonchev–Trinajstić information content (AvgIpc) is 3.24. The predicted molar refractivity (Wildman–Crippen MR) is 148 cm³/mol. The Morgan fingerprint density at radius 1 is 0.588 bits per heavy atom. The SMILES string of the molecule is CCCCCCCCCCCCCCc1n(CCCCCC)cc[n+]1CCCc1ccccc1. The highest BCUT2D eigenvalue weighted by Crippen LogP contribution is 2.14. The molecule has 2 heteroatoms. The second kappa shape index (κ2) is 19.7. The van der Waals surface area contributed by atoms with Crippen LogP contribution in [0.5, 0.6) is 0 Å². The highest BCUT2D eigenvalue weighted by atomic mass is 15.1. The van der Waals surface area contributed by atoms with Crippen molar-refractivity contribution in [2.45, 2.75) is 149 Å². The molecule has 1 heterocycles. The second-order valence-corrected chi connectivity index (χ2v) is 10.4. The molecule has 0 spiro atoms. The molecule has 34 heavy (non-hydrogen) atoms. The van der Waals surface area contributed by atoms with Gasteiger partial charge in [0.25, 0.3) is 5.82 Å². The molecule has 2 nitrogen and oxygen atoms in total. The molecule has 2 aromatic rings. The number of nitrogens with zero attached hydrogens (tertiary/aromatic N) is 2. The minimum absolute atomic E-state index is 1.14. The zero-order valence-corrected chi connectivity index (χ0v) is 22.8. The number of unbranched alkanes of at least 4 members (excludes halogenated alkanes) is 14. The first-order chi connectivity index (χ1) is 16.8. The van der Waals surface area contributed by atoms with Crippen LogP contribution in [0.25, 0.3) is 0 Å². The van der Waals surface area contributed by atoms with Gasteiger partial charge in [-0.2, -0.15) is 0 Å². The number of aromatic nitrogens is 2. The second-order valence-electron chi connectivity index (χ2n) is 10.4. The maximum atomic E-state index is 2.57. The van der Waals surface area contributed by atoms with Crippen molar-refractivity contribution in [3.63, 3.8) is 0 Å². The third kappa shape index (κ3) is 12.8. The Bertz CT molecular complexity index is 703. The molecule has 1 aromatic carbocycles. The molecular formula is C32H55N2+. The molecule has 1 aromatic heterocycles. The molecule has 0 saturated heterocycles. The highest BCUT2D eigenvalue weighted by molar-refractivity contribution is 5.14. The monoisotopic (exact) mass is 467 g/mol. The van der Waals surface area contributed by atoms with E-state index in [2.05, 4.69) is 65.7 Å². The molecule has 0 aliphatic rings. The van der Waals surface area contributed by atoms with Gasteiger partial charge >= 0.3 is 0 Å². The van der Waals surface area contributed by atoms with Gasteiger partial charge in [-0.15, -0.1) is 0 Å². The first-order valence-electron chi connectivity index (χ1n) is 15.0. The molecule has 0 N–H and O–H groups in total. The Kier molecular flexibility index (Phi) is 16.6. The molecule has 0 amide bonds. The van der Waals surface area contributed by atoms with Crippen molar-refractivity contribution in [2.75, 3.05) is 0 Å². The van der Waals surface area contributed by atoms with Crippen molar-refractivity contribution in [1.82, 2.24) is 4.57 Å². The van der Waals surface area contributed by atoms with Crippen molar-refractivity contribution in [3.05, 3.63) is 54.1 Å². The lowest BCUT2D eigenvalue weighted by molar-refractivity contribution is -0.704. The molecule has 2 rings (SSSR count). The fourth-order valence-electron chi connectivity index (χ4n) is 5.12. The van der Waals surface area contributed by atoms with E-state index in [9.17, 15) is 0 Å². The lowest BCUT2D eigenvalue weighted by atomic mass is 10.0. The lowest BCUT2D eigenvalue weighted by Crippen LogP contribution is -2.37. The Labute approximate surface area is 212 Å². The normalized spacial score (nSPS) is 11.4. The van der Waals surface area contributed by atoms with E-state index in [1.807, 2.05) is 0 Å². The minimum atomic E-state index is 1.14. The lowest BCUT2D eigenvalue weighted by Gasteiger charge is -2.07. The molecule has 0 fully saturated rings. The van der Waals surface area contributed by atoms with E-state index in [0.29, 0.717) is 0 Å². The molecule has 0 radical (unpaired) electrons. The molecule has 0 atom stereocenters. The van der Waals surface area contributed by atoms with Crippen LogP contribution in [0.3, 0.4) is 0 Å². The number of hydrogen-bond acceptors (Lipinski definition) is 0. The third-order valence-corrected chi connectivity index (χ3v) is 7.30. The van der Waals surface area contributed by atoms with Crippen LogP contribution in [0, 0.1) is 0 Å². The van der Waals surface area contributed by atoms with Crippen molar-refractivity contribution < 1.29 is 4.57 Å². The van der Waals surface area contributed by atoms with Crippen LogP contribution in [-0.2, 0) is 25.9 Å². The first kappa shape index (κ1) is 28.7. The summed E-state index contributed by atoms with van der Waals surface area (Å²) >= 11 is 0. The first-order valence-corrected chi connectivity index (χ1v) is 15.0. The molecular weight excluding hydrogens is 412 g/mol. The summed E-state index contributed by atoms with van der Waals surface area (Å²) in [4.78, 5) is 0. The predicted octanol–water partition coefficient (Wildman–Crippen LogP) is 9.23. The molecule has 0 aliphatic carbocycles. The van der Waals surface area contributed by atoms with Crippen molar-refractivity contribution in [3.8, 4) is 0 Å². The summed E-state index contributed by atoms with van der Waals surface area (Å²) < 4.78 is 5.12. The molecule has 0 bridgehead atoms. The summed E-state index contributed by atoms with van der Waals surface area (Å²) in [6.07, 6.45) is 30.8. The van der Waals surface area contributed by atoms with Gasteiger partial charge in [0, 0.05) is 6.42 Å². The number of rotatable bonds is 22. The Balaban J connectivity index is 1.68. The third-order valence-electron chi connectivity index (χ3n) is 7.30. The largest absolute Gasteiger partial charge is 0.256 e. The molecule has 0 aliphatic heterocycles. The summed E-state index contributed by atoms with van der Waals surface area (Å²) in [6, 6.07) is 11.0. The van der Waals surface area contributed by atoms with Gasteiger partial charge in [-0.1, -0.05) is 128 Å². The number of aryl methyl sites for hydroxylation is 3. The molecule has 0 unspecified atom stereocenters. The van der Waals surface area contributed by atoms with E-state index in [0.717, 1.165) is 6.54 Å². The topological polar surface area (TPSA) is 8.81 Å². The van der Waals surface area contributed by atoms with E-state index in [4.69, 9.17) is 0 Å². The van der Waals surface area contributed by atoms with Gasteiger partial charge in [0.15, 0.2) is 0 Å². The van der Waals surface area contributed by atoms with Crippen LogP contribution in [0.15, 0.2) is 42.7 Å². The zero-order chi connectivity index (χ0) is 24.1. The zero-order valence-electron chi connectivity index (χ0n) is 22.8. The van der Waals surface area contributed by atoms with Crippen LogP contribution in [0.2, 0.25) is 0 Å². The molecule has 0 saturated carbocycles. The Hall–Kier alpha value is -1.57. The Morgan fingerprint density at radius 3 is 1.76 bits per heavy atom. The average molecular weight is 468 g/mol. The number of hydrogen-bond donors (Lipinski definition) is 0. The van der Waals surface area contributed by atoms with Crippen LogP contribution in [-0.4, -0.2) is 4.57 Å². The smallest absolute Gasteiger partial charge is 0.234 e. The van der Waals surface area contributed by atoms with E-state index >= 15 is 0 Å². The van der Waals surface area contributed by atoms with Gasteiger partial charge in [0.2, 0.25) is 0 Å². The van der Waals surface area contributed by atoms with E-state index in [-0.39, 0.29) is 0 Å². The van der Waals surface area contributed by atoms with Gasteiger partial charge in [-0.3, -0.25) is 0 Å². The summed E-state index contributed by atoms with van der Waals surface area (Å²) in [5.74, 6) is 1.57. The van der Waals surface area contributed by atoms with Crippen molar-refractivity contribution in [2.24, 2.45) is 0 Å². The Morgan fingerprint density at radius 2 is 1.15 bits per heavy atom. The van der Waals surface area contributed by atoms with Crippen LogP contribution < -0.4 is 4.57 Å². The standard InChI is InChI=1S/C32H55N2/c1-3-5-7-9-10-11-12-13-14-15-16-20-26-32-33(27-21-8-6-4-2)29-30-34(32)28-22-25-31-23-18-17-19-24-31/h17-19,23-24,29-30H,3-16,20-22,25-28H2,1-2H3/q+1. The van der Waals surface area contributed by atoms with Crippen molar-refractivity contribution in [1.29, 1.82) is 0 Å². The molecule has 192 valence electrons. The highest BCUT2D eigenvalue weighted by Gasteiger charge is 2.16. The van der Waals surface area contributed by atoms with Gasteiger partial charge < -0.3 is 0 Å². The summed E-state index contributed by atoms with van der Waals surface area (Å²) in [6.45, 7) is 6.94. The fraction of sp³-hybridized carbons (Fsp3) is 0.719. The summed E-state index contributed by atoms with van der Waals surface area (Å²) in [5, 5.41) is 0. The van der Waals surface area contributed by atoms with E-state index in [1.165, 1.54) is 134 Å². The maximum absolute atomic E-state index is 2.57. The maximum Gasteiger partial charge on any atom is 0.256 e. The summed E-state index contributed by atoms with van der Waals surface area (Å²) in [5.41, 5.74) is 1.46. The van der Waals surface area contributed by atoms with Crippen LogP contribution in [0.1, 0.15) is 134 Å². The van der Waals surface area contributed by atoms with Gasteiger partial charge in [-0.25, -0.2) is 9.13 Å². The van der Waals surface area contributed by atoms with Crippen LogP contribution in [0.4, 0.5) is 0 Å². The van der Waals surface area contributed by atoms with Gasteiger partial charge in [0.05, 0.1) is 13.1 Å². The number of benzene rings is 1. The quantitative estimate of drug-likeness (QED) is 0.120. The van der Waals surface area contributed by atoms with Gasteiger partial charge in [-0.05, 0) is 37.7 Å². The van der Waals surface area contributed by atoms with E-state index < -0.39 is 0 Å².